The van der Waals surface area contributed by atoms with Crippen LogP contribution in [0.4, 0.5) is 0 Å². The van der Waals surface area contributed by atoms with Crippen LogP contribution in [0.1, 0.15) is 18.4 Å². The molecular formula is C13H17NO2. The summed E-state index contributed by atoms with van der Waals surface area (Å²) < 4.78 is 0. The molecule has 1 atom stereocenters. The molecule has 86 valence electrons. The quantitative estimate of drug-likeness (QED) is 0.770. The van der Waals surface area contributed by atoms with Crippen LogP contribution in [0.5, 0.6) is 0 Å². The first-order chi connectivity index (χ1) is 7.74. The van der Waals surface area contributed by atoms with Gasteiger partial charge in [0.1, 0.15) is 0 Å². The molecule has 1 aromatic carbocycles. The topological polar surface area (TPSA) is 63.3 Å². The predicted molar refractivity (Wildman–Crippen MR) is 64.9 cm³/mol. The zero-order valence-corrected chi connectivity index (χ0v) is 9.17. The summed E-state index contributed by atoms with van der Waals surface area (Å²) in [6.45, 7) is 0.413. The zero-order valence-electron chi connectivity index (χ0n) is 9.17. The van der Waals surface area contributed by atoms with E-state index in [1.165, 1.54) is 0 Å². The number of carbonyl (C=O) groups is 1. The van der Waals surface area contributed by atoms with Gasteiger partial charge in [-0.1, -0.05) is 42.5 Å². The molecule has 0 heterocycles. The number of hydrogen-bond acceptors (Lipinski definition) is 2. The Balaban J connectivity index is 2.49. The van der Waals surface area contributed by atoms with Crippen LogP contribution in [0.25, 0.3) is 6.08 Å². The molecule has 0 aliphatic rings. The minimum Gasteiger partial charge on any atom is -0.481 e. The van der Waals surface area contributed by atoms with Gasteiger partial charge in [-0.2, -0.15) is 0 Å². The molecule has 0 bridgehead atoms. The Bertz CT molecular complexity index is 346. The number of rotatable bonds is 6. The number of aliphatic carboxylic acids is 1. The molecule has 0 radical (unpaired) electrons. The Morgan fingerprint density at radius 2 is 2.06 bits per heavy atom. The van der Waals surface area contributed by atoms with Gasteiger partial charge in [-0.15, -0.1) is 0 Å². The van der Waals surface area contributed by atoms with Gasteiger partial charge in [0.15, 0.2) is 0 Å². The highest BCUT2D eigenvalue weighted by Gasteiger charge is 2.13. The first-order valence-corrected chi connectivity index (χ1v) is 5.38. The maximum absolute atomic E-state index is 10.8. The van der Waals surface area contributed by atoms with Crippen LogP contribution in [-0.2, 0) is 4.79 Å². The van der Waals surface area contributed by atoms with E-state index < -0.39 is 5.97 Å². The van der Waals surface area contributed by atoms with Gasteiger partial charge in [-0.3, -0.25) is 4.79 Å². The van der Waals surface area contributed by atoms with E-state index in [2.05, 4.69) is 0 Å². The van der Waals surface area contributed by atoms with Gasteiger partial charge < -0.3 is 10.8 Å². The fourth-order valence-corrected chi connectivity index (χ4v) is 1.48. The molecule has 0 aromatic heterocycles. The summed E-state index contributed by atoms with van der Waals surface area (Å²) in [5.74, 6) is -1.15. The van der Waals surface area contributed by atoms with E-state index in [4.69, 9.17) is 10.8 Å². The van der Waals surface area contributed by atoms with E-state index in [9.17, 15) is 4.79 Å². The van der Waals surface area contributed by atoms with Crippen molar-refractivity contribution in [1.82, 2.24) is 0 Å². The molecule has 3 N–H and O–H groups in total. The van der Waals surface area contributed by atoms with Gasteiger partial charge in [0.25, 0.3) is 0 Å². The Labute approximate surface area is 95.6 Å². The molecule has 1 unspecified atom stereocenters. The highest BCUT2D eigenvalue weighted by atomic mass is 16.4. The Hall–Kier alpha value is -1.61. The molecule has 0 saturated heterocycles. The van der Waals surface area contributed by atoms with Crippen molar-refractivity contribution in [3.05, 3.63) is 42.0 Å². The van der Waals surface area contributed by atoms with Crippen molar-refractivity contribution >= 4 is 12.0 Å². The average molecular weight is 219 g/mol. The zero-order chi connectivity index (χ0) is 11.8. The molecule has 16 heavy (non-hydrogen) atoms. The van der Waals surface area contributed by atoms with Crippen LogP contribution in [0.15, 0.2) is 36.4 Å². The Kier molecular flexibility index (Phi) is 5.29. The largest absolute Gasteiger partial charge is 0.481 e. The van der Waals surface area contributed by atoms with Gasteiger partial charge >= 0.3 is 5.97 Å². The third-order valence-electron chi connectivity index (χ3n) is 2.39. The molecule has 0 spiro atoms. The second-order valence-corrected chi connectivity index (χ2v) is 3.66. The minimum atomic E-state index is -0.775. The van der Waals surface area contributed by atoms with Crippen molar-refractivity contribution in [2.24, 2.45) is 11.7 Å². The monoisotopic (exact) mass is 219 g/mol. The summed E-state index contributed by atoms with van der Waals surface area (Å²) in [6, 6.07) is 9.82. The first-order valence-electron chi connectivity index (χ1n) is 5.38. The second kappa shape index (κ2) is 6.80. The van der Waals surface area contributed by atoms with Crippen LogP contribution in [0.3, 0.4) is 0 Å². The van der Waals surface area contributed by atoms with Crippen LogP contribution >= 0.6 is 0 Å². The summed E-state index contributed by atoms with van der Waals surface area (Å²) >= 11 is 0. The molecule has 0 aliphatic carbocycles. The molecule has 0 aliphatic heterocycles. The van der Waals surface area contributed by atoms with Crippen molar-refractivity contribution < 1.29 is 9.90 Å². The first kappa shape index (κ1) is 12.5. The number of nitrogens with two attached hydrogens (primary N) is 1. The number of carboxylic acid groups (broad SMARTS) is 1. The van der Waals surface area contributed by atoms with Gasteiger partial charge in [0.05, 0.1) is 5.92 Å². The highest BCUT2D eigenvalue weighted by Crippen LogP contribution is 2.10. The number of benzene rings is 1. The maximum Gasteiger partial charge on any atom is 0.306 e. The fourth-order valence-electron chi connectivity index (χ4n) is 1.48. The molecule has 3 heteroatoms. The molecule has 1 rings (SSSR count). The van der Waals surface area contributed by atoms with E-state index in [0.717, 1.165) is 5.56 Å². The van der Waals surface area contributed by atoms with Crippen LogP contribution in [-0.4, -0.2) is 17.6 Å². The smallest absolute Gasteiger partial charge is 0.306 e. The highest BCUT2D eigenvalue weighted by molar-refractivity contribution is 5.70. The van der Waals surface area contributed by atoms with E-state index in [1.54, 1.807) is 0 Å². The summed E-state index contributed by atoms with van der Waals surface area (Å²) in [7, 11) is 0. The maximum atomic E-state index is 10.8. The van der Waals surface area contributed by atoms with Crippen molar-refractivity contribution in [3.63, 3.8) is 0 Å². The molecular weight excluding hydrogens is 202 g/mol. The number of allylic oxidation sites excluding steroid dienone is 1. The lowest BCUT2D eigenvalue weighted by Gasteiger charge is -2.07. The summed E-state index contributed by atoms with van der Waals surface area (Å²) in [5, 5.41) is 8.91. The molecule has 1 aromatic rings. The number of hydrogen-bond donors (Lipinski definition) is 2. The van der Waals surface area contributed by atoms with Crippen molar-refractivity contribution in [3.8, 4) is 0 Å². The van der Waals surface area contributed by atoms with Gasteiger partial charge in [0, 0.05) is 0 Å². The molecule has 0 amide bonds. The third kappa shape index (κ3) is 4.28. The third-order valence-corrected chi connectivity index (χ3v) is 2.39. The van der Waals surface area contributed by atoms with Crippen LogP contribution < -0.4 is 5.73 Å². The van der Waals surface area contributed by atoms with E-state index in [-0.39, 0.29) is 5.92 Å². The van der Waals surface area contributed by atoms with E-state index in [1.807, 2.05) is 42.5 Å². The molecule has 0 fully saturated rings. The Morgan fingerprint density at radius 1 is 1.38 bits per heavy atom. The van der Waals surface area contributed by atoms with E-state index in [0.29, 0.717) is 19.4 Å². The van der Waals surface area contributed by atoms with Gasteiger partial charge in [0.2, 0.25) is 0 Å². The van der Waals surface area contributed by atoms with E-state index >= 15 is 0 Å². The normalized spacial score (nSPS) is 12.8. The molecule has 3 nitrogen and oxygen atoms in total. The van der Waals surface area contributed by atoms with Crippen LogP contribution in [0.2, 0.25) is 0 Å². The molecule has 0 saturated carbocycles. The lowest BCUT2D eigenvalue weighted by molar-refractivity contribution is -0.141. The van der Waals surface area contributed by atoms with Crippen molar-refractivity contribution in [1.29, 1.82) is 0 Å². The number of carboxylic acids is 1. The summed E-state index contributed by atoms with van der Waals surface area (Å²) in [6.07, 6.45) is 4.88. The van der Waals surface area contributed by atoms with Gasteiger partial charge in [-0.25, -0.2) is 0 Å². The lowest BCUT2D eigenvalue weighted by atomic mass is 10.0. The van der Waals surface area contributed by atoms with Gasteiger partial charge in [-0.05, 0) is 24.9 Å². The second-order valence-electron chi connectivity index (χ2n) is 3.66. The average Bonchev–Trinajstić information content (AvgIpc) is 2.29. The van der Waals surface area contributed by atoms with Crippen LogP contribution in [0, 0.1) is 5.92 Å². The Morgan fingerprint density at radius 3 is 2.62 bits per heavy atom. The fraction of sp³-hybridized carbons (Fsp3) is 0.308. The standard InChI is InChI=1S/C13H17NO2/c14-10-9-12(13(15)16)8-4-7-11-5-2-1-3-6-11/h1-7,12H,8-10,14H2,(H,15,16)/b7-4+. The lowest BCUT2D eigenvalue weighted by Crippen LogP contribution is -2.17. The summed E-state index contributed by atoms with van der Waals surface area (Å²) in [4.78, 5) is 10.8. The summed E-state index contributed by atoms with van der Waals surface area (Å²) in [5.41, 5.74) is 6.45. The SMILES string of the molecule is NCCC(C/C=C/c1ccccc1)C(=O)O. The predicted octanol–water partition coefficient (Wildman–Crippen LogP) is 2.14. The minimum absolute atomic E-state index is 0.370. The van der Waals surface area contributed by atoms with Crippen molar-refractivity contribution in [2.45, 2.75) is 12.8 Å². The van der Waals surface area contributed by atoms with Crippen molar-refractivity contribution in [2.75, 3.05) is 6.54 Å².